The number of carbonyl (C=O) groups is 1. The standard InChI is InChI=1S/C14H19N3O4/c1-21-11-10-15-8-9-16-14(18)7-6-12-4-2-3-5-13(12)17(19)20/h2-7,15H,8-11H2,1H3,(H,16,18)/b7-6+. The smallest absolute Gasteiger partial charge is 0.276 e. The summed E-state index contributed by atoms with van der Waals surface area (Å²) in [5.41, 5.74) is 0.374. The van der Waals surface area contributed by atoms with Gasteiger partial charge in [-0.25, -0.2) is 0 Å². The summed E-state index contributed by atoms with van der Waals surface area (Å²) in [7, 11) is 1.62. The molecule has 2 N–H and O–H groups in total. The highest BCUT2D eigenvalue weighted by molar-refractivity contribution is 5.92. The molecule has 0 aliphatic carbocycles. The van der Waals surface area contributed by atoms with Gasteiger partial charge in [0.15, 0.2) is 0 Å². The summed E-state index contributed by atoms with van der Waals surface area (Å²) in [5, 5.41) is 16.6. The maximum atomic E-state index is 11.6. The fourth-order valence-corrected chi connectivity index (χ4v) is 1.59. The van der Waals surface area contributed by atoms with Gasteiger partial charge in [-0.2, -0.15) is 0 Å². The van der Waals surface area contributed by atoms with Crippen LogP contribution in [0.25, 0.3) is 6.08 Å². The van der Waals surface area contributed by atoms with Crippen molar-refractivity contribution in [3.8, 4) is 0 Å². The quantitative estimate of drug-likeness (QED) is 0.306. The Hall–Kier alpha value is -2.25. The molecule has 0 fully saturated rings. The summed E-state index contributed by atoms with van der Waals surface area (Å²) >= 11 is 0. The summed E-state index contributed by atoms with van der Waals surface area (Å²) in [4.78, 5) is 21.9. The number of amides is 1. The van der Waals surface area contributed by atoms with E-state index in [1.165, 1.54) is 18.2 Å². The van der Waals surface area contributed by atoms with Gasteiger partial charge in [0.05, 0.1) is 17.1 Å². The van der Waals surface area contributed by atoms with E-state index < -0.39 is 4.92 Å². The monoisotopic (exact) mass is 293 g/mol. The van der Waals surface area contributed by atoms with Gasteiger partial charge in [0.1, 0.15) is 0 Å². The molecule has 0 saturated heterocycles. The molecule has 0 aliphatic heterocycles. The first-order chi connectivity index (χ1) is 10.1. The molecule has 7 nitrogen and oxygen atoms in total. The van der Waals surface area contributed by atoms with Gasteiger partial charge >= 0.3 is 0 Å². The molecule has 0 aliphatic rings. The molecule has 0 saturated carbocycles. The summed E-state index contributed by atoms with van der Waals surface area (Å²) in [6.45, 7) is 2.45. The molecule has 0 unspecified atom stereocenters. The predicted octanol–water partition coefficient (Wildman–Crippen LogP) is 0.960. The Labute approximate surface area is 123 Å². The number of ether oxygens (including phenoxy) is 1. The molecule has 7 heteroatoms. The Bertz CT molecular complexity index is 503. The van der Waals surface area contributed by atoms with E-state index in [-0.39, 0.29) is 11.6 Å². The molecule has 0 bridgehead atoms. The van der Waals surface area contributed by atoms with Crippen molar-refractivity contribution in [2.75, 3.05) is 33.4 Å². The molecule has 1 aromatic carbocycles. The maximum absolute atomic E-state index is 11.6. The lowest BCUT2D eigenvalue weighted by Gasteiger charge is -2.04. The molecule has 21 heavy (non-hydrogen) atoms. The highest BCUT2D eigenvalue weighted by atomic mass is 16.6. The van der Waals surface area contributed by atoms with Crippen LogP contribution in [0.2, 0.25) is 0 Å². The average molecular weight is 293 g/mol. The minimum atomic E-state index is -0.475. The molecular weight excluding hydrogens is 274 g/mol. The zero-order chi connectivity index (χ0) is 15.5. The van der Waals surface area contributed by atoms with Crippen molar-refractivity contribution in [2.45, 2.75) is 0 Å². The number of hydrogen-bond acceptors (Lipinski definition) is 5. The summed E-state index contributed by atoms with van der Waals surface area (Å²) in [6, 6.07) is 6.26. The van der Waals surface area contributed by atoms with Gasteiger partial charge in [-0.1, -0.05) is 12.1 Å². The van der Waals surface area contributed by atoms with E-state index in [0.29, 0.717) is 25.3 Å². The van der Waals surface area contributed by atoms with Gasteiger partial charge in [-0.05, 0) is 12.1 Å². The predicted molar refractivity (Wildman–Crippen MR) is 79.9 cm³/mol. The zero-order valence-corrected chi connectivity index (χ0v) is 11.9. The van der Waals surface area contributed by atoms with Gasteiger partial charge < -0.3 is 15.4 Å². The Morgan fingerprint density at radius 3 is 2.81 bits per heavy atom. The van der Waals surface area contributed by atoms with Crippen molar-refractivity contribution in [2.24, 2.45) is 0 Å². The Morgan fingerprint density at radius 2 is 2.10 bits per heavy atom. The van der Waals surface area contributed by atoms with E-state index in [0.717, 1.165) is 6.54 Å². The number of rotatable bonds is 9. The van der Waals surface area contributed by atoms with Gasteiger partial charge in [-0.3, -0.25) is 14.9 Å². The van der Waals surface area contributed by atoms with E-state index in [1.807, 2.05) is 0 Å². The third-order valence-corrected chi connectivity index (χ3v) is 2.63. The van der Waals surface area contributed by atoms with E-state index in [4.69, 9.17) is 4.74 Å². The average Bonchev–Trinajstić information content (AvgIpc) is 2.49. The summed E-state index contributed by atoms with van der Waals surface area (Å²) in [5.74, 6) is -0.290. The first-order valence-electron chi connectivity index (χ1n) is 6.54. The Morgan fingerprint density at radius 1 is 1.33 bits per heavy atom. The van der Waals surface area contributed by atoms with Crippen LogP contribution in [-0.4, -0.2) is 44.2 Å². The van der Waals surface area contributed by atoms with Crippen LogP contribution in [0, 0.1) is 10.1 Å². The lowest BCUT2D eigenvalue weighted by molar-refractivity contribution is -0.385. The molecule has 0 radical (unpaired) electrons. The lowest BCUT2D eigenvalue weighted by Crippen LogP contribution is -2.32. The molecule has 0 spiro atoms. The Balaban J connectivity index is 2.39. The fraction of sp³-hybridized carbons (Fsp3) is 0.357. The maximum Gasteiger partial charge on any atom is 0.276 e. The van der Waals surface area contributed by atoms with Crippen LogP contribution in [0.1, 0.15) is 5.56 Å². The van der Waals surface area contributed by atoms with Crippen LogP contribution in [0.4, 0.5) is 5.69 Å². The highest BCUT2D eigenvalue weighted by Crippen LogP contribution is 2.18. The van der Waals surface area contributed by atoms with Gasteiger partial charge in [-0.15, -0.1) is 0 Å². The van der Waals surface area contributed by atoms with Crippen LogP contribution in [-0.2, 0) is 9.53 Å². The van der Waals surface area contributed by atoms with Crippen LogP contribution < -0.4 is 10.6 Å². The second-order valence-corrected chi connectivity index (χ2v) is 4.18. The molecule has 1 aromatic rings. The number of para-hydroxylation sites is 1. The third kappa shape index (κ3) is 6.64. The minimum absolute atomic E-state index is 0.0252. The molecule has 1 rings (SSSR count). The zero-order valence-electron chi connectivity index (χ0n) is 11.9. The van der Waals surface area contributed by atoms with Crippen molar-refractivity contribution in [1.82, 2.24) is 10.6 Å². The number of nitro groups is 1. The van der Waals surface area contributed by atoms with E-state index >= 15 is 0 Å². The number of hydrogen-bond donors (Lipinski definition) is 2. The van der Waals surface area contributed by atoms with E-state index in [9.17, 15) is 14.9 Å². The molecule has 114 valence electrons. The fourth-order valence-electron chi connectivity index (χ4n) is 1.59. The first-order valence-corrected chi connectivity index (χ1v) is 6.54. The van der Waals surface area contributed by atoms with Crippen LogP contribution >= 0.6 is 0 Å². The minimum Gasteiger partial charge on any atom is -0.383 e. The van der Waals surface area contributed by atoms with Gasteiger partial charge in [0, 0.05) is 38.9 Å². The van der Waals surface area contributed by atoms with Crippen molar-refractivity contribution >= 4 is 17.7 Å². The van der Waals surface area contributed by atoms with Crippen molar-refractivity contribution in [1.29, 1.82) is 0 Å². The molecular formula is C14H19N3O4. The lowest BCUT2D eigenvalue weighted by atomic mass is 10.1. The number of methoxy groups -OCH3 is 1. The van der Waals surface area contributed by atoms with Gasteiger partial charge in [0.25, 0.3) is 5.69 Å². The van der Waals surface area contributed by atoms with Crippen molar-refractivity contribution < 1.29 is 14.5 Å². The second-order valence-electron chi connectivity index (χ2n) is 4.18. The largest absolute Gasteiger partial charge is 0.383 e. The number of nitro benzene ring substituents is 1. The van der Waals surface area contributed by atoms with Gasteiger partial charge in [0.2, 0.25) is 5.91 Å². The summed E-state index contributed by atoms with van der Waals surface area (Å²) in [6.07, 6.45) is 2.73. The molecule has 0 aromatic heterocycles. The van der Waals surface area contributed by atoms with Crippen molar-refractivity contribution in [3.05, 3.63) is 46.0 Å². The number of nitrogens with zero attached hydrogens (tertiary/aromatic N) is 1. The topological polar surface area (TPSA) is 93.5 Å². The third-order valence-electron chi connectivity index (χ3n) is 2.63. The Kier molecular flexibility index (Phi) is 7.70. The van der Waals surface area contributed by atoms with E-state index in [1.54, 1.807) is 25.3 Å². The second kappa shape index (κ2) is 9.62. The normalized spacial score (nSPS) is 10.7. The number of carbonyl (C=O) groups excluding carboxylic acids is 1. The SMILES string of the molecule is COCCNCCNC(=O)/C=C/c1ccccc1[N+](=O)[O-]. The first kappa shape index (κ1) is 16.8. The molecule has 0 heterocycles. The highest BCUT2D eigenvalue weighted by Gasteiger charge is 2.09. The van der Waals surface area contributed by atoms with Crippen LogP contribution in [0.5, 0.6) is 0 Å². The van der Waals surface area contributed by atoms with Crippen LogP contribution in [0.3, 0.4) is 0 Å². The van der Waals surface area contributed by atoms with E-state index in [2.05, 4.69) is 10.6 Å². The van der Waals surface area contributed by atoms with Crippen LogP contribution in [0.15, 0.2) is 30.3 Å². The molecule has 1 amide bonds. The summed E-state index contributed by atoms with van der Waals surface area (Å²) < 4.78 is 4.87. The number of nitrogens with one attached hydrogen (secondary N) is 2. The molecule has 0 atom stereocenters. The van der Waals surface area contributed by atoms with Crippen molar-refractivity contribution in [3.63, 3.8) is 0 Å². The number of benzene rings is 1.